The molecule has 3 heteroatoms. The Labute approximate surface area is 77.5 Å². The number of rotatable bonds is 3. The van der Waals surface area contributed by atoms with E-state index in [9.17, 15) is 0 Å². The van der Waals surface area contributed by atoms with Crippen LogP contribution in [0.15, 0.2) is 4.52 Å². The maximum atomic E-state index is 5.16. The summed E-state index contributed by atoms with van der Waals surface area (Å²) >= 11 is 0. The number of nitrogens with zero attached hydrogens (tertiary/aromatic N) is 2. The highest BCUT2D eigenvalue weighted by atomic mass is 16.5. The summed E-state index contributed by atoms with van der Waals surface area (Å²) in [5, 5.41) is 3.88. The van der Waals surface area contributed by atoms with Crippen molar-refractivity contribution in [1.82, 2.24) is 10.1 Å². The van der Waals surface area contributed by atoms with Gasteiger partial charge in [0.15, 0.2) is 5.82 Å². The molecular weight excluding hydrogens is 164 g/mol. The fraction of sp³-hybridized carbons (Fsp3) is 0.600. The van der Waals surface area contributed by atoms with Gasteiger partial charge in [0.05, 0.1) is 0 Å². The maximum absolute atomic E-state index is 5.16. The normalized spacial score (nSPS) is 18.2. The summed E-state index contributed by atoms with van der Waals surface area (Å²) in [6.45, 7) is 2.14. The van der Waals surface area contributed by atoms with Crippen LogP contribution in [0.3, 0.4) is 0 Å². The molecule has 1 fully saturated rings. The molecule has 1 aliphatic rings. The van der Waals surface area contributed by atoms with Gasteiger partial charge >= 0.3 is 0 Å². The van der Waals surface area contributed by atoms with Crippen LogP contribution in [0.25, 0.3) is 0 Å². The summed E-state index contributed by atoms with van der Waals surface area (Å²) in [7, 11) is 0. The quantitative estimate of drug-likeness (QED) is 0.658. The number of terminal acetylenes is 1. The molecular formula is C10H12N2O. The first-order chi connectivity index (χ1) is 6.24. The number of hydrogen-bond donors (Lipinski definition) is 0. The van der Waals surface area contributed by atoms with Gasteiger partial charge in [-0.15, -0.1) is 12.3 Å². The molecule has 0 aliphatic heterocycles. The minimum atomic E-state index is 0.168. The highest BCUT2D eigenvalue weighted by Crippen LogP contribution is 2.46. The van der Waals surface area contributed by atoms with Crippen LogP contribution in [0, 0.1) is 12.3 Å². The van der Waals surface area contributed by atoms with E-state index >= 15 is 0 Å². The van der Waals surface area contributed by atoms with Crippen molar-refractivity contribution in [3.8, 4) is 12.3 Å². The van der Waals surface area contributed by atoms with E-state index in [2.05, 4.69) is 23.0 Å². The Balaban J connectivity index is 2.06. The van der Waals surface area contributed by atoms with Gasteiger partial charge < -0.3 is 4.52 Å². The highest BCUT2D eigenvalue weighted by molar-refractivity contribution is 5.12. The first-order valence-electron chi connectivity index (χ1n) is 4.51. The molecule has 0 radical (unpaired) electrons. The molecule has 0 atom stereocenters. The van der Waals surface area contributed by atoms with E-state index in [4.69, 9.17) is 10.9 Å². The van der Waals surface area contributed by atoms with E-state index < -0.39 is 0 Å². The third-order valence-electron chi connectivity index (χ3n) is 2.48. The number of aryl methyl sites for hydroxylation is 1. The van der Waals surface area contributed by atoms with Gasteiger partial charge in [-0.05, 0) is 12.8 Å². The Morgan fingerprint density at radius 3 is 3.00 bits per heavy atom. The molecule has 0 saturated heterocycles. The lowest BCUT2D eigenvalue weighted by Crippen LogP contribution is -1.99. The highest BCUT2D eigenvalue weighted by Gasteiger charge is 2.44. The molecule has 0 spiro atoms. The van der Waals surface area contributed by atoms with Crippen LogP contribution in [0.2, 0.25) is 0 Å². The Hall–Kier alpha value is -1.30. The predicted octanol–water partition coefficient (Wildman–Crippen LogP) is 1.69. The molecule has 1 saturated carbocycles. The zero-order valence-electron chi connectivity index (χ0n) is 7.71. The SMILES string of the molecule is C#CCCc1noc(C2(C)CC2)n1. The molecule has 1 aliphatic carbocycles. The minimum Gasteiger partial charge on any atom is -0.339 e. The lowest BCUT2D eigenvalue weighted by Gasteiger charge is -1.96. The average molecular weight is 176 g/mol. The van der Waals surface area contributed by atoms with Crippen molar-refractivity contribution in [3.63, 3.8) is 0 Å². The number of aromatic nitrogens is 2. The average Bonchev–Trinajstić information content (AvgIpc) is 2.69. The van der Waals surface area contributed by atoms with Crippen molar-refractivity contribution in [2.24, 2.45) is 0 Å². The molecule has 1 heterocycles. The van der Waals surface area contributed by atoms with Crippen LogP contribution in [0.5, 0.6) is 0 Å². The van der Waals surface area contributed by atoms with E-state index in [1.54, 1.807) is 0 Å². The van der Waals surface area contributed by atoms with Gasteiger partial charge in [-0.3, -0.25) is 0 Å². The van der Waals surface area contributed by atoms with Crippen molar-refractivity contribution in [1.29, 1.82) is 0 Å². The van der Waals surface area contributed by atoms with Gasteiger partial charge in [0.2, 0.25) is 5.89 Å². The van der Waals surface area contributed by atoms with Crippen LogP contribution in [0.1, 0.15) is 37.9 Å². The first-order valence-corrected chi connectivity index (χ1v) is 4.51. The van der Waals surface area contributed by atoms with Crippen molar-refractivity contribution >= 4 is 0 Å². The van der Waals surface area contributed by atoms with E-state index in [-0.39, 0.29) is 5.41 Å². The van der Waals surface area contributed by atoms with Gasteiger partial charge in [0, 0.05) is 18.3 Å². The Morgan fingerprint density at radius 1 is 1.62 bits per heavy atom. The summed E-state index contributed by atoms with van der Waals surface area (Å²) in [5.41, 5.74) is 0.168. The fourth-order valence-corrected chi connectivity index (χ4v) is 1.19. The van der Waals surface area contributed by atoms with Gasteiger partial charge in [0.25, 0.3) is 0 Å². The second kappa shape index (κ2) is 2.88. The van der Waals surface area contributed by atoms with Gasteiger partial charge in [-0.25, -0.2) is 0 Å². The zero-order valence-corrected chi connectivity index (χ0v) is 7.71. The van der Waals surface area contributed by atoms with E-state index in [0.717, 1.165) is 31.0 Å². The molecule has 2 rings (SSSR count). The Morgan fingerprint density at radius 2 is 2.38 bits per heavy atom. The van der Waals surface area contributed by atoms with Crippen LogP contribution in [-0.2, 0) is 11.8 Å². The standard InChI is InChI=1S/C10H12N2O/c1-3-4-5-8-11-9(13-12-8)10(2)6-7-10/h1H,4-7H2,2H3. The third kappa shape index (κ3) is 1.57. The first kappa shape index (κ1) is 8.31. The largest absolute Gasteiger partial charge is 0.339 e. The Bertz CT molecular complexity index is 344. The van der Waals surface area contributed by atoms with Gasteiger partial charge in [-0.2, -0.15) is 4.98 Å². The van der Waals surface area contributed by atoms with Crippen LogP contribution < -0.4 is 0 Å². The fourth-order valence-electron chi connectivity index (χ4n) is 1.19. The summed E-state index contributed by atoms with van der Waals surface area (Å²) in [5.74, 6) is 4.07. The molecule has 0 aromatic carbocycles. The predicted molar refractivity (Wildman–Crippen MR) is 48.0 cm³/mol. The molecule has 13 heavy (non-hydrogen) atoms. The second-order valence-corrected chi connectivity index (χ2v) is 3.78. The molecule has 3 nitrogen and oxygen atoms in total. The van der Waals surface area contributed by atoms with Gasteiger partial charge in [-0.1, -0.05) is 12.1 Å². The summed E-state index contributed by atoms with van der Waals surface area (Å²) < 4.78 is 5.16. The van der Waals surface area contributed by atoms with Crippen LogP contribution in [0.4, 0.5) is 0 Å². The molecule has 68 valence electrons. The van der Waals surface area contributed by atoms with Crippen molar-refractivity contribution in [2.45, 2.75) is 38.0 Å². The smallest absolute Gasteiger partial charge is 0.232 e. The van der Waals surface area contributed by atoms with Gasteiger partial charge in [0.1, 0.15) is 0 Å². The van der Waals surface area contributed by atoms with Crippen molar-refractivity contribution in [2.75, 3.05) is 0 Å². The molecule has 0 N–H and O–H groups in total. The monoisotopic (exact) mass is 176 g/mol. The third-order valence-corrected chi connectivity index (χ3v) is 2.48. The minimum absolute atomic E-state index is 0.168. The second-order valence-electron chi connectivity index (χ2n) is 3.78. The van der Waals surface area contributed by atoms with Crippen LogP contribution >= 0.6 is 0 Å². The van der Waals surface area contributed by atoms with Crippen LogP contribution in [-0.4, -0.2) is 10.1 Å². The Kier molecular flexibility index (Phi) is 1.84. The summed E-state index contributed by atoms with van der Waals surface area (Å²) in [4.78, 5) is 4.31. The zero-order chi connectivity index (χ0) is 9.31. The lowest BCUT2D eigenvalue weighted by atomic mass is 10.1. The molecule has 1 aromatic rings. The molecule has 0 unspecified atom stereocenters. The molecule has 0 amide bonds. The molecule has 0 bridgehead atoms. The maximum Gasteiger partial charge on any atom is 0.232 e. The van der Waals surface area contributed by atoms with E-state index in [0.29, 0.717) is 6.42 Å². The molecule has 1 aromatic heterocycles. The summed E-state index contributed by atoms with van der Waals surface area (Å²) in [6, 6.07) is 0. The number of hydrogen-bond acceptors (Lipinski definition) is 3. The summed E-state index contributed by atoms with van der Waals surface area (Å²) in [6.07, 6.45) is 8.85. The van der Waals surface area contributed by atoms with E-state index in [1.165, 1.54) is 0 Å². The lowest BCUT2D eigenvalue weighted by molar-refractivity contribution is 0.349. The van der Waals surface area contributed by atoms with Crippen molar-refractivity contribution in [3.05, 3.63) is 11.7 Å². The topological polar surface area (TPSA) is 38.9 Å². The van der Waals surface area contributed by atoms with Crippen molar-refractivity contribution < 1.29 is 4.52 Å². The van der Waals surface area contributed by atoms with E-state index in [1.807, 2.05) is 0 Å².